The van der Waals surface area contributed by atoms with E-state index in [1.807, 2.05) is 36.6 Å². The van der Waals surface area contributed by atoms with E-state index in [2.05, 4.69) is 15.3 Å². The fraction of sp³-hybridized carbons (Fsp3) is 0.105. The van der Waals surface area contributed by atoms with E-state index in [1.54, 1.807) is 18.2 Å². The first-order valence-electron chi connectivity index (χ1n) is 8.08. The molecule has 2 aromatic heterocycles. The number of hydrogen-bond acceptors (Lipinski definition) is 6. The van der Waals surface area contributed by atoms with Gasteiger partial charge in [-0.2, -0.15) is 0 Å². The van der Waals surface area contributed by atoms with Crippen LogP contribution in [0, 0.1) is 6.92 Å². The molecular formula is C19H14ClN3O2S2. The topological polar surface area (TPSA) is 68.0 Å². The highest BCUT2D eigenvalue weighted by Gasteiger charge is 2.12. The summed E-state index contributed by atoms with van der Waals surface area (Å²) >= 11 is 8.57. The lowest BCUT2D eigenvalue weighted by Crippen LogP contribution is -2.13. The number of nitrogens with zero attached hydrogens (tertiary/aromatic N) is 2. The van der Waals surface area contributed by atoms with Gasteiger partial charge >= 0.3 is 0 Å². The summed E-state index contributed by atoms with van der Waals surface area (Å²) in [6, 6.07) is 13.3. The molecule has 5 nitrogen and oxygen atoms in total. The van der Waals surface area contributed by atoms with Crippen LogP contribution < -0.4 is 5.32 Å². The van der Waals surface area contributed by atoms with E-state index in [4.69, 9.17) is 16.0 Å². The molecule has 8 heteroatoms. The van der Waals surface area contributed by atoms with E-state index in [1.165, 1.54) is 28.7 Å². The minimum absolute atomic E-state index is 0.162. The second-order valence-electron chi connectivity index (χ2n) is 5.83. The van der Waals surface area contributed by atoms with Gasteiger partial charge in [0.1, 0.15) is 5.52 Å². The molecule has 0 radical (unpaired) electrons. The zero-order valence-corrected chi connectivity index (χ0v) is 16.6. The molecule has 0 saturated carbocycles. The van der Waals surface area contributed by atoms with Gasteiger partial charge in [0.05, 0.1) is 11.4 Å². The lowest BCUT2D eigenvalue weighted by molar-refractivity contribution is -0.113. The van der Waals surface area contributed by atoms with Crippen LogP contribution in [0.25, 0.3) is 22.4 Å². The first kappa shape index (κ1) is 18.0. The predicted molar refractivity (Wildman–Crippen MR) is 111 cm³/mol. The number of benzene rings is 2. The Morgan fingerprint density at radius 1 is 1.22 bits per heavy atom. The van der Waals surface area contributed by atoms with Crippen LogP contribution in [0.5, 0.6) is 0 Å². The molecule has 0 fully saturated rings. The average molecular weight is 416 g/mol. The van der Waals surface area contributed by atoms with Crippen molar-refractivity contribution in [3.8, 4) is 11.3 Å². The Morgan fingerprint density at radius 2 is 2.04 bits per heavy atom. The normalized spacial score (nSPS) is 11.0. The maximum atomic E-state index is 12.2. The third kappa shape index (κ3) is 4.32. The fourth-order valence-electron chi connectivity index (χ4n) is 2.41. The Morgan fingerprint density at radius 3 is 2.85 bits per heavy atom. The summed E-state index contributed by atoms with van der Waals surface area (Å²) in [5.74, 6) is 0.0186. The molecule has 4 rings (SSSR count). The maximum absolute atomic E-state index is 12.2. The van der Waals surface area contributed by atoms with E-state index in [-0.39, 0.29) is 11.7 Å². The third-order valence-corrected chi connectivity index (χ3v) is 5.58. The Bertz CT molecular complexity index is 1110. The molecule has 1 amide bonds. The number of carbonyl (C=O) groups is 1. The van der Waals surface area contributed by atoms with Crippen molar-refractivity contribution in [1.82, 2.24) is 9.97 Å². The standard InChI is InChI=1S/C19H14ClN3O2S2/c1-11-2-4-12(5-3-11)15-9-26-18(21-15)23-17(24)10-27-19-22-14-8-13(20)6-7-16(14)25-19/h2-9H,10H2,1H3,(H,21,23,24). The van der Waals surface area contributed by atoms with Gasteiger partial charge in [-0.05, 0) is 25.1 Å². The second kappa shape index (κ2) is 7.72. The molecule has 0 spiro atoms. The fourth-order valence-corrected chi connectivity index (χ4v) is 3.95. The van der Waals surface area contributed by atoms with Crippen molar-refractivity contribution in [2.45, 2.75) is 12.1 Å². The molecule has 0 bridgehead atoms. The Kier molecular flexibility index (Phi) is 5.15. The van der Waals surface area contributed by atoms with Crippen LogP contribution in [0.4, 0.5) is 5.13 Å². The van der Waals surface area contributed by atoms with Crippen molar-refractivity contribution >= 4 is 56.8 Å². The number of amides is 1. The zero-order chi connectivity index (χ0) is 18.8. The van der Waals surface area contributed by atoms with Gasteiger partial charge in [-0.3, -0.25) is 4.79 Å². The van der Waals surface area contributed by atoms with Crippen LogP contribution in [-0.2, 0) is 4.79 Å². The largest absolute Gasteiger partial charge is 0.431 e. The molecule has 0 unspecified atom stereocenters. The van der Waals surface area contributed by atoms with Gasteiger partial charge in [0.15, 0.2) is 10.7 Å². The maximum Gasteiger partial charge on any atom is 0.257 e. The van der Waals surface area contributed by atoms with Gasteiger partial charge in [0, 0.05) is 16.0 Å². The summed E-state index contributed by atoms with van der Waals surface area (Å²) < 4.78 is 5.60. The van der Waals surface area contributed by atoms with E-state index in [0.29, 0.717) is 26.5 Å². The molecule has 2 heterocycles. The molecule has 0 aliphatic carbocycles. The Labute approximate surface area is 168 Å². The van der Waals surface area contributed by atoms with Gasteiger partial charge in [-0.1, -0.05) is 53.2 Å². The number of rotatable bonds is 5. The summed E-state index contributed by atoms with van der Waals surface area (Å²) in [6.07, 6.45) is 0. The van der Waals surface area contributed by atoms with Gasteiger partial charge in [-0.25, -0.2) is 9.97 Å². The average Bonchev–Trinajstić information content (AvgIpc) is 3.27. The van der Waals surface area contributed by atoms with Gasteiger partial charge in [0.25, 0.3) is 5.22 Å². The quantitative estimate of drug-likeness (QED) is 0.427. The molecule has 0 aliphatic heterocycles. The van der Waals surface area contributed by atoms with Crippen LogP contribution >= 0.6 is 34.7 Å². The molecular weight excluding hydrogens is 402 g/mol. The highest BCUT2D eigenvalue weighted by atomic mass is 35.5. The summed E-state index contributed by atoms with van der Waals surface area (Å²) in [7, 11) is 0. The number of anilines is 1. The van der Waals surface area contributed by atoms with E-state index >= 15 is 0 Å². The summed E-state index contributed by atoms with van der Waals surface area (Å²) in [5.41, 5.74) is 4.38. The van der Waals surface area contributed by atoms with Crippen molar-refractivity contribution in [2.24, 2.45) is 0 Å². The Hall–Kier alpha value is -2.35. The third-order valence-electron chi connectivity index (χ3n) is 3.75. The van der Waals surface area contributed by atoms with E-state index in [9.17, 15) is 4.79 Å². The molecule has 0 aliphatic rings. The van der Waals surface area contributed by atoms with Crippen molar-refractivity contribution in [3.05, 3.63) is 58.4 Å². The van der Waals surface area contributed by atoms with Crippen LogP contribution in [0.15, 0.2) is 57.5 Å². The van der Waals surface area contributed by atoms with Gasteiger partial charge in [0.2, 0.25) is 5.91 Å². The number of halogens is 1. The van der Waals surface area contributed by atoms with Crippen molar-refractivity contribution in [3.63, 3.8) is 0 Å². The van der Waals surface area contributed by atoms with Crippen molar-refractivity contribution < 1.29 is 9.21 Å². The minimum atomic E-state index is -0.162. The second-order valence-corrected chi connectivity index (χ2v) is 8.05. The van der Waals surface area contributed by atoms with Gasteiger partial charge in [-0.15, -0.1) is 11.3 Å². The number of carbonyl (C=O) groups excluding carboxylic acids is 1. The molecule has 1 N–H and O–H groups in total. The molecule has 4 aromatic rings. The number of thioether (sulfide) groups is 1. The Balaban J connectivity index is 1.37. The smallest absolute Gasteiger partial charge is 0.257 e. The van der Waals surface area contributed by atoms with Gasteiger partial charge < -0.3 is 9.73 Å². The van der Waals surface area contributed by atoms with E-state index in [0.717, 1.165) is 11.3 Å². The molecule has 136 valence electrons. The minimum Gasteiger partial charge on any atom is -0.431 e. The molecule has 2 aromatic carbocycles. The van der Waals surface area contributed by atoms with Crippen molar-refractivity contribution in [2.75, 3.05) is 11.1 Å². The van der Waals surface area contributed by atoms with Crippen LogP contribution in [0.3, 0.4) is 0 Å². The lowest BCUT2D eigenvalue weighted by atomic mass is 10.1. The van der Waals surface area contributed by atoms with Crippen LogP contribution in [0.1, 0.15) is 5.56 Å². The molecule has 0 atom stereocenters. The number of aromatic nitrogens is 2. The highest BCUT2D eigenvalue weighted by molar-refractivity contribution is 7.99. The summed E-state index contributed by atoms with van der Waals surface area (Å²) in [4.78, 5) is 21.0. The van der Waals surface area contributed by atoms with Crippen molar-refractivity contribution in [1.29, 1.82) is 0 Å². The zero-order valence-electron chi connectivity index (χ0n) is 14.2. The number of hydrogen-bond donors (Lipinski definition) is 1. The number of aryl methyl sites for hydroxylation is 1. The molecule has 0 saturated heterocycles. The predicted octanol–water partition coefficient (Wildman–Crippen LogP) is 5.64. The summed E-state index contributed by atoms with van der Waals surface area (Å²) in [5, 5.41) is 6.34. The number of fused-ring (bicyclic) bond motifs is 1. The number of nitrogens with one attached hydrogen (secondary N) is 1. The first-order valence-corrected chi connectivity index (χ1v) is 10.3. The first-order chi connectivity index (χ1) is 13.1. The molecule has 27 heavy (non-hydrogen) atoms. The highest BCUT2D eigenvalue weighted by Crippen LogP contribution is 2.27. The number of thiazole rings is 1. The SMILES string of the molecule is Cc1ccc(-c2csc(NC(=O)CSc3nc4cc(Cl)ccc4o3)n2)cc1. The van der Waals surface area contributed by atoms with E-state index < -0.39 is 0 Å². The van der Waals surface area contributed by atoms with Crippen LogP contribution in [-0.4, -0.2) is 21.6 Å². The number of oxazole rings is 1. The summed E-state index contributed by atoms with van der Waals surface area (Å²) in [6.45, 7) is 2.04. The van der Waals surface area contributed by atoms with Crippen LogP contribution in [0.2, 0.25) is 5.02 Å². The lowest BCUT2D eigenvalue weighted by Gasteiger charge is -2.00. The monoisotopic (exact) mass is 415 g/mol.